The molecule has 78 valence electrons. The van der Waals surface area contributed by atoms with Gasteiger partial charge in [-0.1, -0.05) is 0 Å². The summed E-state index contributed by atoms with van der Waals surface area (Å²) in [6, 6.07) is 0. The monoisotopic (exact) mass is 198 g/mol. The number of carbonyl (C=O) groups is 2. The van der Waals surface area contributed by atoms with Crippen LogP contribution in [0.1, 0.15) is 6.42 Å². The lowest BCUT2D eigenvalue weighted by atomic mass is 10.1. The molecule has 0 radical (unpaired) electrons. The largest absolute Gasteiger partial charge is 0.381 e. The van der Waals surface area contributed by atoms with Gasteiger partial charge in [-0.05, 0) is 12.3 Å². The molecule has 0 bridgehead atoms. The standard InChI is InChI=1S/C9H14N2O3/c12-8-4-11(5-9(13)10-8)3-7-1-2-14-6-7/h7H,1-6H2,(H,10,12,13). The molecule has 1 N–H and O–H groups in total. The first-order valence-corrected chi connectivity index (χ1v) is 4.87. The van der Waals surface area contributed by atoms with E-state index in [1.807, 2.05) is 4.90 Å². The van der Waals surface area contributed by atoms with Gasteiger partial charge >= 0.3 is 0 Å². The number of carbonyl (C=O) groups excluding carboxylic acids is 2. The maximum Gasteiger partial charge on any atom is 0.240 e. The minimum atomic E-state index is -0.194. The molecule has 5 heteroatoms. The number of nitrogens with zero attached hydrogens (tertiary/aromatic N) is 1. The molecule has 0 saturated carbocycles. The van der Waals surface area contributed by atoms with Crippen LogP contribution in [0.25, 0.3) is 0 Å². The van der Waals surface area contributed by atoms with Crippen LogP contribution in [0.15, 0.2) is 0 Å². The first-order chi connectivity index (χ1) is 6.74. The summed E-state index contributed by atoms with van der Waals surface area (Å²) in [5.74, 6) is 0.0917. The van der Waals surface area contributed by atoms with Gasteiger partial charge in [0.2, 0.25) is 11.8 Å². The molecule has 2 heterocycles. The quantitative estimate of drug-likeness (QED) is 0.577. The lowest BCUT2D eigenvalue weighted by Crippen LogP contribution is -2.52. The van der Waals surface area contributed by atoms with Crippen molar-refractivity contribution in [2.24, 2.45) is 5.92 Å². The van der Waals surface area contributed by atoms with Gasteiger partial charge in [-0.15, -0.1) is 0 Å². The first kappa shape index (κ1) is 9.61. The summed E-state index contributed by atoms with van der Waals surface area (Å²) in [6.07, 6.45) is 1.03. The van der Waals surface area contributed by atoms with E-state index in [0.29, 0.717) is 19.0 Å². The van der Waals surface area contributed by atoms with E-state index in [9.17, 15) is 9.59 Å². The van der Waals surface area contributed by atoms with Crippen molar-refractivity contribution < 1.29 is 14.3 Å². The van der Waals surface area contributed by atoms with Crippen molar-refractivity contribution in [3.05, 3.63) is 0 Å². The Morgan fingerprint density at radius 2 is 2.07 bits per heavy atom. The molecule has 5 nitrogen and oxygen atoms in total. The van der Waals surface area contributed by atoms with Crippen molar-refractivity contribution in [1.82, 2.24) is 10.2 Å². The molecule has 2 aliphatic rings. The Hall–Kier alpha value is -0.940. The van der Waals surface area contributed by atoms with Gasteiger partial charge in [-0.25, -0.2) is 0 Å². The molecular weight excluding hydrogens is 184 g/mol. The van der Waals surface area contributed by atoms with Crippen LogP contribution in [0.3, 0.4) is 0 Å². The van der Waals surface area contributed by atoms with E-state index < -0.39 is 0 Å². The summed E-state index contributed by atoms with van der Waals surface area (Å²) < 4.78 is 5.24. The lowest BCUT2D eigenvalue weighted by molar-refractivity contribution is -0.136. The number of piperazine rings is 1. The molecule has 2 amide bonds. The smallest absolute Gasteiger partial charge is 0.240 e. The Labute approximate surface area is 82.4 Å². The SMILES string of the molecule is O=C1CN(CC2CCOC2)CC(=O)N1. The lowest BCUT2D eigenvalue weighted by Gasteiger charge is -2.27. The van der Waals surface area contributed by atoms with Crippen LogP contribution in [-0.2, 0) is 14.3 Å². The van der Waals surface area contributed by atoms with Gasteiger partial charge in [-0.2, -0.15) is 0 Å². The highest BCUT2D eigenvalue weighted by Crippen LogP contribution is 2.14. The van der Waals surface area contributed by atoms with E-state index in [1.165, 1.54) is 0 Å². The molecular formula is C9H14N2O3. The van der Waals surface area contributed by atoms with Crippen LogP contribution in [-0.4, -0.2) is 49.6 Å². The van der Waals surface area contributed by atoms with Gasteiger partial charge in [0.1, 0.15) is 0 Å². The highest BCUT2D eigenvalue weighted by molar-refractivity contribution is 5.99. The predicted octanol–water partition coefficient (Wildman–Crippen LogP) is -1.02. The van der Waals surface area contributed by atoms with Gasteiger partial charge < -0.3 is 4.74 Å². The molecule has 1 atom stereocenters. The zero-order valence-electron chi connectivity index (χ0n) is 7.99. The van der Waals surface area contributed by atoms with Crippen LogP contribution in [0.2, 0.25) is 0 Å². The van der Waals surface area contributed by atoms with Crippen molar-refractivity contribution in [2.75, 3.05) is 32.8 Å². The summed E-state index contributed by atoms with van der Waals surface area (Å²) in [6.45, 7) is 3.02. The van der Waals surface area contributed by atoms with Crippen LogP contribution >= 0.6 is 0 Å². The van der Waals surface area contributed by atoms with E-state index in [2.05, 4.69) is 5.32 Å². The highest BCUT2D eigenvalue weighted by Gasteiger charge is 2.26. The second-order valence-corrected chi connectivity index (χ2v) is 3.87. The molecule has 2 rings (SSSR count). The van der Waals surface area contributed by atoms with E-state index in [1.54, 1.807) is 0 Å². The number of amides is 2. The Balaban J connectivity index is 1.84. The average Bonchev–Trinajstić information content (AvgIpc) is 2.54. The molecule has 14 heavy (non-hydrogen) atoms. The van der Waals surface area contributed by atoms with Gasteiger partial charge in [0.05, 0.1) is 19.7 Å². The van der Waals surface area contributed by atoms with Gasteiger partial charge in [0.25, 0.3) is 0 Å². The van der Waals surface area contributed by atoms with Crippen LogP contribution < -0.4 is 5.32 Å². The maximum absolute atomic E-state index is 11.1. The zero-order valence-corrected chi connectivity index (χ0v) is 7.99. The van der Waals surface area contributed by atoms with Crippen molar-refractivity contribution >= 4 is 11.8 Å². The summed E-state index contributed by atoms with van der Waals surface area (Å²) >= 11 is 0. The molecule has 0 spiro atoms. The fourth-order valence-corrected chi connectivity index (χ4v) is 1.92. The topological polar surface area (TPSA) is 58.6 Å². The van der Waals surface area contributed by atoms with Crippen molar-refractivity contribution in [1.29, 1.82) is 0 Å². The molecule has 1 unspecified atom stereocenters. The summed E-state index contributed by atoms with van der Waals surface area (Å²) in [7, 11) is 0. The van der Waals surface area contributed by atoms with Crippen LogP contribution in [0, 0.1) is 5.92 Å². The van der Waals surface area contributed by atoms with Gasteiger partial charge in [-0.3, -0.25) is 19.8 Å². The molecule has 2 fully saturated rings. The zero-order chi connectivity index (χ0) is 9.97. The fraction of sp³-hybridized carbons (Fsp3) is 0.778. The number of hydrogen-bond donors (Lipinski definition) is 1. The third-order valence-corrected chi connectivity index (χ3v) is 2.55. The summed E-state index contributed by atoms with van der Waals surface area (Å²) in [5.41, 5.74) is 0. The first-order valence-electron chi connectivity index (χ1n) is 4.87. The average molecular weight is 198 g/mol. The maximum atomic E-state index is 11.1. The summed E-state index contributed by atoms with van der Waals surface area (Å²) in [4.78, 5) is 24.0. The van der Waals surface area contributed by atoms with Crippen molar-refractivity contribution in [3.63, 3.8) is 0 Å². The third-order valence-electron chi connectivity index (χ3n) is 2.55. The molecule has 0 aliphatic carbocycles. The van der Waals surface area contributed by atoms with Crippen molar-refractivity contribution in [2.45, 2.75) is 6.42 Å². The van der Waals surface area contributed by atoms with E-state index in [0.717, 1.165) is 26.2 Å². The summed E-state index contributed by atoms with van der Waals surface area (Å²) in [5, 5.41) is 2.28. The van der Waals surface area contributed by atoms with E-state index in [4.69, 9.17) is 4.74 Å². The van der Waals surface area contributed by atoms with E-state index in [-0.39, 0.29) is 11.8 Å². The highest BCUT2D eigenvalue weighted by atomic mass is 16.5. The van der Waals surface area contributed by atoms with Gasteiger partial charge in [0.15, 0.2) is 0 Å². The second-order valence-electron chi connectivity index (χ2n) is 3.87. The fourth-order valence-electron chi connectivity index (χ4n) is 1.92. The third kappa shape index (κ3) is 2.30. The Bertz CT molecular complexity index is 232. The molecule has 2 saturated heterocycles. The Morgan fingerprint density at radius 1 is 1.36 bits per heavy atom. The molecule has 0 aromatic heterocycles. The number of rotatable bonds is 2. The minimum absolute atomic E-state index is 0.194. The number of imide groups is 1. The van der Waals surface area contributed by atoms with E-state index >= 15 is 0 Å². The number of hydrogen-bond acceptors (Lipinski definition) is 4. The Morgan fingerprint density at radius 3 is 2.64 bits per heavy atom. The van der Waals surface area contributed by atoms with Crippen LogP contribution in [0.5, 0.6) is 0 Å². The number of nitrogens with one attached hydrogen (secondary N) is 1. The van der Waals surface area contributed by atoms with Gasteiger partial charge in [0, 0.05) is 13.2 Å². The normalized spacial score (nSPS) is 29.3. The minimum Gasteiger partial charge on any atom is -0.381 e. The molecule has 0 aromatic carbocycles. The Kier molecular flexibility index (Phi) is 2.79. The van der Waals surface area contributed by atoms with Crippen molar-refractivity contribution in [3.8, 4) is 0 Å². The number of ether oxygens (including phenoxy) is 1. The van der Waals surface area contributed by atoms with Crippen LogP contribution in [0.4, 0.5) is 0 Å². The predicted molar refractivity (Wildman–Crippen MR) is 48.5 cm³/mol. The molecule has 0 aromatic rings. The molecule has 2 aliphatic heterocycles. The second kappa shape index (κ2) is 4.06.